The van der Waals surface area contributed by atoms with Gasteiger partial charge in [-0.15, -0.1) is 0 Å². The van der Waals surface area contributed by atoms with Crippen molar-refractivity contribution in [1.29, 1.82) is 0 Å². The van der Waals surface area contributed by atoms with Crippen molar-refractivity contribution in [3.63, 3.8) is 0 Å². The average Bonchev–Trinajstić information content (AvgIpc) is 2.68. The van der Waals surface area contributed by atoms with Gasteiger partial charge in [0.25, 0.3) is 0 Å². The fourth-order valence-electron chi connectivity index (χ4n) is 3.44. The minimum absolute atomic E-state index is 0.144. The number of fused-ring (bicyclic) bond motifs is 1. The summed E-state index contributed by atoms with van der Waals surface area (Å²) < 4.78 is 5.45. The van der Waals surface area contributed by atoms with E-state index in [1.165, 1.54) is 5.56 Å². The lowest BCUT2D eigenvalue weighted by molar-refractivity contribution is 0.0331. The van der Waals surface area contributed by atoms with Crippen molar-refractivity contribution in [3.8, 4) is 0 Å². The number of para-hydroxylation sites is 1. The smallest absolute Gasteiger partial charge is 0.145 e. The number of nitrogens with one attached hydrogen (secondary N) is 1. The highest BCUT2D eigenvalue weighted by molar-refractivity contribution is 5.90. The number of nitrogens with zero attached hydrogens (tertiary/aromatic N) is 3. The molecular formula is C23H28N4O. The zero-order chi connectivity index (χ0) is 19.6. The molecule has 5 nitrogen and oxygen atoms in total. The van der Waals surface area contributed by atoms with Gasteiger partial charge in [-0.25, -0.2) is 9.97 Å². The number of hydrogen-bond donors (Lipinski definition) is 1. The van der Waals surface area contributed by atoms with E-state index in [2.05, 4.69) is 61.3 Å². The number of morpholine rings is 1. The van der Waals surface area contributed by atoms with E-state index in [1.807, 2.05) is 18.2 Å². The van der Waals surface area contributed by atoms with Gasteiger partial charge in [0.2, 0.25) is 0 Å². The molecule has 1 N–H and O–H groups in total. The highest BCUT2D eigenvalue weighted by Gasteiger charge is 2.15. The molecule has 0 radical (unpaired) electrons. The number of aromatic nitrogens is 2. The molecule has 28 heavy (non-hydrogen) atoms. The highest BCUT2D eigenvalue weighted by Crippen LogP contribution is 2.27. The number of benzene rings is 2. The topological polar surface area (TPSA) is 50.3 Å². The predicted octanol–water partition coefficient (Wildman–Crippen LogP) is 4.50. The number of hydrogen-bond acceptors (Lipinski definition) is 5. The second kappa shape index (κ2) is 7.86. The van der Waals surface area contributed by atoms with Crippen LogP contribution in [0.15, 0.2) is 48.5 Å². The van der Waals surface area contributed by atoms with Gasteiger partial charge < -0.3 is 10.1 Å². The summed E-state index contributed by atoms with van der Waals surface area (Å²) in [5.74, 6) is 1.70. The monoisotopic (exact) mass is 376 g/mol. The van der Waals surface area contributed by atoms with Crippen LogP contribution in [-0.2, 0) is 16.7 Å². The van der Waals surface area contributed by atoms with E-state index >= 15 is 0 Å². The summed E-state index contributed by atoms with van der Waals surface area (Å²) in [7, 11) is 0. The van der Waals surface area contributed by atoms with Crippen molar-refractivity contribution in [3.05, 3.63) is 59.9 Å². The Kier molecular flexibility index (Phi) is 5.29. The van der Waals surface area contributed by atoms with Crippen LogP contribution < -0.4 is 5.32 Å². The van der Waals surface area contributed by atoms with Gasteiger partial charge >= 0.3 is 0 Å². The maximum atomic E-state index is 5.45. The first-order valence-electron chi connectivity index (χ1n) is 9.92. The molecule has 1 saturated heterocycles. The van der Waals surface area contributed by atoms with E-state index < -0.39 is 0 Å². The summed E-state index contributed by atoms with van der Waals surface area (Å²) in [6.45, 7) is 10.8. The van der Waals surface area contributed by atoms with Crippen LogP contribution in [-0.4, -0.2) is 41.2 Å². The summed E-state index contributed by atoms with van der Waals surface area (Å²) in [6, 6.07) is 16.8. The Balaban J connectivity index is 1.63. The van der Waals surface area contributed by atoms with Gasteiger partial charge in [-0.2, -0.15) is 0 Å². The molecule has 0 saturated carbocycles. The Bertz CT molecular complexity index is 941. The van der Waals surface area contributed by atoms with Crippen molar-refractivity contribution in [2.45, 2.75) is 32.7 Å². The first-order valence-corrected chi connectivity index (χ1v) is 9.92. The molecule has 1 aliphatic rings. The molecule has 5 heteroatoms. The Hall–Kier alpha value is -2.50. The Morgan fingerprint density at radius 2 is 1.68 bits per heavy atom. The molecule has 1 aliphatic heterocycles. The summed E-state index contributed by atoms with van der Waals surface area (Å²) >= 11 is 0. The number of rotatable bonds is 4. The van der Waals surface area contributed by atoms with E-state index in [1.54, 1.807) is 0 Å². The molecule has 0 amide bonds. The molecule has 4 rings (SSSR count). The third kappa shape index (κ3) is 4.32. The van der Waals surface area contributed by atoms with Crippen LogP contribution in [0.2, 0.25) is 0 Å². The Morgan fingerprint density at radius 1 is 0.964 bits per heavy atom. The van der Waals surface area contributed by atoms with Gasteiger partial charge in [-0.3, -0.25) is 4.90 Å². The maximum Gasteiger partial charge on any atom is 0.145 e. The van der Waals surface area contributed by atoms with Gasteiger partial charge in [0.05, 0.1) is 25.3 Å². The van der Waals surface area contributed by atoms with Gasteiger partial charge in [0, 0.05) is 24.2 Å². The fourth-order valence-corrected chi connectivity index (χ4v) is 3.44. The maximum absolute atomic E-state index is 5.45. The molecule has 146 valence electrons. The van der Waals surface area contributed by atoms with Crippen molar-refractivity contribution >= 4 is 22.4 Å². The van der Waals surface area contributed by atoms with E-state index in [0.717, 1.165) is 61.1 Å². The molecular weight excluding hydrogens is 348 g/mol. The van der Waals surface area contributed by atoms with E-state index in [0.29, 0.717) is 0 Å². The molecule has 0 bridgehead atoms. The minimum Gasteiger partial charge on any atom is -0.379 e. The van der Waals surface area contributed by atoms with Crippen LogP contribution in [0.4, 0.5) is 11.5 Å². The number of ether oxygens (including phenoxy) is 1. The van der Waals surface area contributed by atoms with E-state index in [9.17, 15) is 0 Å². The van der Waals surface area contributed by atoms with Crippen LogP contribution in [0, 0.1) is 0 Å². The zero-order valence-corrected chi connectivity index (χ0v) is 16.9. The molecule has 2 heterocycles. The van der Waals surface area contributed by atoms with Crippen LogP contribution in [0.25, 0.3) is 10.9 Å². The fraction of sp³-hybridized carbons (Fsp3) is 0.391. The standard InChI is InChI=1S/C23H28N4O/c1-23(2,3)17-8-10-18(11-9-17)24-22-19-6-4-5-7-20(19)25-21(26-22)16-27-12-14-28-15-13-27/h4-11H,12-16H2,1-3H3,(H,24,25,26). The van der Waals surface area contributed by atoms with Crippen LogP contribution in [0.5, 0.6) is 0 Å². The summed E-state index contributed by atoms with van der Waals surface area (Å²) in [4.78, 5) is 12.0. The molecule has 1 aromatic heterocycles. The summed E-state index contributed by atoms with van der Waals surface area (Å²) in [6.07, 6.45) is 0. The third-order valence-corrected chi connectivity index (χ3v) is 5.13. The SMILES string of the molecule is CC(C)(C)c1ccc(Nc2nc(CN3CCOCC3)nc3ccccc23)cc1. The highest BCUT2D eigenvalue weighted by atomic mass is 16.5. The lowest BCUT2D eigenvalue weighted by Crippen LogP contribution is -2.36. The second-order valence-corrected chi connectivity index (χ2v) is 8.35. The molecule has 0 unspecified atom stereocenters. The van der Waals surface area contributed by atoms with Crippen LogP contribution >= 0.6 is 0 Å². The van der Waals surface area contributed by atoms with E-state index in [-0.39, 0.29) is 5.41 Å². The molecule has 0 spiro atoms. The lowest BCUT2D eigenvalue weighted by atomic mass is 9.87. The molecule has 1 fully saturated rings. The lowest BCUT2D eigenvalue weighted by Gasteiger charge is -2.26. The third-order valence-electron chi connectivity index (χ3n) is 5.13. The van der Waals surface area contributed by atoms with Gasteiger partial charge in [-0.1, -0.05) is 45.0 Å². The predicted molar refractivity (Wildman–Crippen MR) is 114 cm³/mol. The number of anilines is 2. The molecule has 2 aromatic carbocycles. The van der Waals surface area contributed by atoms with Gasteiger partial charge in [0.15, 0.2) is 0 Å². The van der Waals surface area contributed by atoms with Crippen LogP contribution in [0.3, 0.4) is 0 Å². The van der Waals surface area contributed by atoms with Crippen LogP contribution in [0.1, 0.15) is 32.2 Å². The zero-order valence-electron chi connectivity index (χ0n) is 16.9. The Morgan fingerprint density at radius 3 is 2.39 bits per heavy atom. The van der Waals surface area contributed by atoms with Crippen molar-refractivity contribution in [1.82, 2.24) is 14.9 Å². The van der Waals surface area contributed by atoms with Crippen molar-refractivity contribution in [2.75, 3.05) is 31.6 Å². The average molecular weight is 377 g/mol. The minimum atomic E-state index is 0.144. The quantitative estimate of drug-likeness (QED) is 0.726. The first kappa shape index (κ1) is 18.8. The second-order valence-electron chi connectivity index (χ2n) is 8.35. The van der Waals surface area contributed by atoms with E-state index in [4.69, 9.17) is 14.7 Å². The largest absolute Gasteiger partial charge is 0.379 e. The summed E-state index contributed by atoms with van der Waals surface area (Å²) in [5.41, 5.74) is 3.47. The summed E-state index contributed by atoms with van der Waals surface area (Å²) in [5, 5.41) is 4.54. The van der Waals surface area contributed by atoms with Gasteiger partial charge in [0.1, 0.15) is 11.6 Å². The molecule has 3 aromatic rings. The van der Waals surface area contributed by atoms with Crippen molar-refractivity contribution in [2.24, 2.45) is 0 Å². The normalized spacial score (nSPS) is 15.7. The van der Waals surface area contributed by atoms with Gasteiger partial charge in [-0.05, 0) is 35.2 Å². The molecule has 0 atom stereocenters. The Labute approximate surface area is 166 Å². The van der Waals surface area contributed by atoms with Crippen molar-refractivity contribution < 1.29 is 4.74 Å². The first-order chi connectivity index (χ1) is 13.5. The molecule has 0 aliphatic carbocycles.